The predicted molar refractivity (Wildman–Crippen MR) is 102 cm³/mol. The van der Waals surface area contributed by atoms with Crippen molar-refractivity contribution in [2.45, 2.75) is 6.42 Å². The first-order valence-electron chi connectivity index (χ1n) is 8.62. The number of amides is 1. The van der Waals surface area contributed by atoms with Crippen LogP contribution in [-0.4, -0.2) is 45.5 Å². The first kappa shape index (κ1) is 17.9. The Bertz CT molecular complexity index is 736. The van der Waals surface area contributed by atoms with Crippen LogP contribution in [0.15, 0.2) is 53.6 Å². The van der Waals surface area contributed by atoms with Gasteiger partial charge in [0.2, 0.25) is 5.91 Å². The number of ether oxygens (including phenoxy) is 2. The van der Waals surface area contributed by atoms with Gasteiger partial charge >= 0.3 is 0 Å². The Labute approximate surface area is 153 Å². The average Bonchev–Trinajstić information content (AvgIpc) is 2.70. The Morgan fingerprint density at radius 1 is 1.15 bits per heavy atom. The molecule has 1 fully saturated rings. The summed E-state index contributed by atoms with van der Waals surface area (Å²) in [6.07, 6.45) is 1.92. The molecule has 6 nitrogen and oxygen atoms in total. The van der Waals surface area contributed by atoms with Gasteiger partial charge in [-0.25, -0.2) is 5.43 Å². The number of nitrogens with zero attached hydrogens (tertiary/aromatic N) is 2. The maximum Gasteiger partial charge on any atom is 0.244 e. The molecule has 0 radical (unpaired) electrons. The topological polar surface area (TPSA) is 63.2 Å². The maximum absolute atomic E-state index is 11.9. The number of hydrazone groups is 1. The molecule has 136 valence electrons. The van der Waals surface area contributed by atoms with Crippen LogP contribution in [-0.2, 0) is 16.0 Å². The summed E-state index contributed by atoms with van der Waals surface area (Å²) in [5.74, 6) is 0.615. The lowest BCUT2D eigenvalue weighted by atomic mass is 10.1. The Kier molecular flexibility index (Phi) is 6.22. The van der Waals surface area contributed by atoms with Crippen LogP contribution in [0.5, 0.6) is 5.75 Å². The number of nitrogens with one attached hydrogen (secondary N) is 1. The van der Waals surface area contributed by atoms with Gasteiger partial charge in [0.25, 0.3) is 0 Å². The molecule has 1 N–H and O–H groups in total. The number of carbonyl (C=O) groups excluding carboxylic acids is 1. The van der Waals surface area contributed by atoms with E-state index in [9.17, 15) is 4.79 Å². The Hall–Kier alpha value is -2.86. The summed E-state index contributed by atoms with van der Waals surface area (Å²) in [6, 6.07) is 15.5. The fraction of sp³-hybridized carbons (Fsp3) is 0.300. The van der Waals surface area contributed by atoms with Crippen LogP contribution < -0.4 is 15.1 Å². The normalized spacial score (nSPS) is 14.4. The van der Waals surface area contributed by atoms with E-state index in [0.29, 0.717) is 0 Å². The number of methoxy groups -OCH3 is 1. The van der Waals surface area contributed by atoms with Gasteiger partial charge in [-0.2, -0.15) is 5.10 Å². The van der Waals surface area contributed by atoms with Crippen molar-refractivity contribution in [3.8, 4) is 5.75 Å². The zero-order chi connectivity index (χ0) is 18.2. The SMILES string of the molecule is COc1ccc(CC(=O)N/N=C/c2ccc(N3CCOCC3)cc2)cc1. The number of hydrogen-bond acceptors (Lipinski definition) is 5. The molecule has 26 heavy (non-hydrogen) atoms. The molecule has 1 aliphatic rings. The molecule has 0 aromatic heterocycles. The van der Waals surface area contributed by atoms with Gasteiger partial charge < -0.3 is 14.4 Å². The standard InChI is InChI=1S/C20H23N3O3/c1-25-19-8-4-16(5-9-19)14-20(24)22-21-15-17-2-6-18(7-3-17)23-10-12-26-13-11-23/h2-9,15H,10-14H2,1H3,(H,22,24)/b21-15+. The molecular weight excluding hydrogens is 330 g/mol. The van der Waals surface area contributed by atoms with Crippen LogP contribution in [0.4, 0.5) is 5.69 Å². The van der Waals surface area contributed by atoms with Gasteiger partial charge in [0, 0.05) is 18.8 Å². The van der Waals surface area contributed by atoms with Crippen LogP contribution in [0, 0.1) is 0 Å². The van der Waals surface area contributed by atoms with Crippen molar-refractivity contribution in [1.29, 1.82) is 0 Å². The van der Waals surface area contributed by atoms with Gasteiger partial charge in [0.15, 0.2) is 0 Å². The number of carbonyl (C=O) groups is 1. The molecule has 0 saturated carbocycles. The zero-order valence-electron chi connectivity index (χ0n) is 14.9. The molecule has 0 bridgehead atoms. The first-order chi connectivity index (χ1) is 12.7. The second-order valence-electron chi connectivity index (χ2n) is 6.01. The Morgan fingerprint density at radius 2 is 1.85 bits per heavy atom. The highest BCUT2D eigenvalue weighted by Gasteiger charge is 2.10. The molecule has 1 saturated heterocycles. The monoisotopic (exact) mass is 353 g/mol. The molecule has 0 aliphatic carbocycles. The first-order valence-corrected chi connectivity index (χ1v) is 8.62. The second kappa shape index (κ2) is 9.01. The van der Waals surface area contributed by atoms with E-state index in [2.05, 4.69) is 27.6 Å². The van der Waals surface area contributed by atoms with Crippen molar-refractivity contribution >= 4 is 17.8 Å². The van der Waals surface area contributed by atoms with Gasteiger partial charge in [-0.1, -0.05) is 24.3 Å². The highest BCUT2D eigenvalue weighted by atomic mass is 16.5. The lowest BCUT2D eigenvalue weighted by Crippen LogP contribution is -2.36. The summed E-state index contributed by atoms with van der Waals surface area (Å²) in [5.41, 5.74) is 5.58. The molecule has 6 heteroatoms. The van der Waals surface area contributed by atoms with Gasteiger partial charge in [-0.05, 0) is 35.4 Å². The van der Waals surface area contributed by atoms with Crippen molar-refractivity contribution in [2.75, 3.05) is 38.3 Å². The van der Waals surface area contributed by atoms with Gasteiger partial charge in [0.05, 0.1) is 33.0 Å². The highest BCUT2D eigenvalue weighted by Crippen LogP contribution is 2.16. The molecule has 2 aromatic carbocycles. The smallest absolute Gasteiger partial charge is 0.244 e. The van der Waals surface area contributed by atoms with Crippen LogP contribution in [0.25, 0.3) is 0 Å². The van der Waals surface area contributed by atoms with Crippen LogP contribution in [0.1, 0.15) is 11.1 Å². The van der Waals surface area contributed by atoms with Crippen LogP contribution in [0.3, 0.4) is 0 Å². The molecular formula is C20H23N3O3. The van der Waals surface area contributed by atoms with Gasteiger partial charge in [-0.15, -0.1) is 0 Å². The third-order valence-corrected chi connectivity index (χ3v) is 4.20. The van der Waals surface area contributed by atoms with E-state index < -0.39 is 0 Å². The van der Waals surface area contributed by atoms with E-state index in [-0.39, 0.29) is 12.3 Å². The van der Waals surface area contributed by atoms with Gasteiger partial charge in [0.1, 0.15) is 5.75 Å². The van der Waals surface area contributed by atoms with E-state index >= 15 is 0 Å². The van der Waals surface area contributed by atoms with Gasteiger partial charge in [-0.3, -0.25) is 4.79 Å². The third kappa shape index (κ3) is 5.07. The molecule has 1 aliphatic heterocycles. The van der Waals surface area contributed by atoms with Crippen LogP contribution in [0.2, 0.25) is 0 Å². The van der Waals surface area contributed by atoms with E-state index in [1.165, 1.54) is 5.69 Å². The number of anilines is 1. The van der Waals surface area contributed by atoms with E-state index in [1.54, 1.807) is 13.3 Å². The minimum atomic E-state index is -0.156. The summed E-state index contributed by atoms with van der Waals surface area (Å²) in [5, 5.41) is 4.03. The largest absolute Gasteiger partial charge is 0.497 e. The average molecular weight is 353 g/mol. The Morgan fingerprint density at radius 3 is 2.50 bits per heavy atom. The van der Waals surface area contributed by atoms with Crippen molar-refractivity contribution in [3.63, 3.8) is 0 Å². The lowest BCUT2D eigenvalue weighted by Gasteiger charge is -2.28. The van der Waals surface area contributed by atoms with Crippen molar-refractivity contribution in [3.05, 3.63) is 59.7 Å². The summed E-state index contributed by atoms with van der Waals surface area (Å²) in [6.45, 7) is 3.36. The number of morpholine rings is 1. The zero-order valence-corrected chi connectivity index (χ0v) is 14.9. The van der Waals surface area contributed by atoms with Crippen molar-refractivity contribution in [2.24, 2.45) is 5.10 Å². The molecule has 0 spiro atoms. The fourth-order valence-electron chi connectivity index (χ4n) is 2.74. The minimum absolute atomic E-state index is 0.156. The fourth-order valence-corrected chi connectivity index (χ4v) is 2.74. The summed E-state index contributed by atoms with van der Waals surface area (Å²) < 4.78 is 10.5. The van der Waals surface area contributed by atoms with Crippen molar-refractivity contribution in [1.82, 2.24) is 5.43 Å². The van der Waals surface area contributed by atoms with Crippen LogP contribution >= 0.6 is 0 Å². The molecule has 2 aromatic rings. The quantitative estimate of drug-likeness (QED) is 0.639. The van der Waals surface area contributed by atoms with E-state index in [0.717, 1.165) is 43.2 Å². The molecule has 1 heterocycles. The molecule has 0 atom stereocenters. The lowest BCUT2D eigenvalue weighted by molar-refractivity contribution is -0.120. The molecule has 1 amide bonds. The second-order valence-corrected chi connectivity index (χ2v) is 6.01. The number of rotatable bonds is 6. The predicted octanol–water partition coefficient (Wildman–Crippen LogP) is 2.22. The summed E-state index contributed by atoms with van der Waals surface area (Å²) >= 11 is 0. The molecule has 0 unspecified atom stereocenters. The highest BCUT2D eigenvalue weighted by molar-refractivity contribution is 5.83. The molecule has 3 rings (SSSR count). The minimum Gasteiger partial charge on any atom is -0.497 e. The third-order valence-electron chi connectivity index (χ3n) is 4.20. The summed E-state index contributed by atoms with van der Waals surface area (Å²) in [7, 11) is 1.61. The van der Waals surface area contributed by atoms with Crippen molar-refractivity contribution < 1.29 is 14.3 Å². The number of hydrogen-bond donors (Lipinski definition) is 1. The maximum atomic E-state index is 11.9. The van der Waals surface area contributed by atoms with E-state index in [4.69, 9.17) is 9.47 Å². The Balaban J connectivity index is 1.48. The van der Waals surface area contributed by atoms with E-state index in [1.807, 2.05) is 36.4 Å². The number of benzene rings is 2. The summed E-state index contributed by atoms with van der Waals surface area (Å²) in [4.78, 5) is 14.2.